The highest BCUT2D eigenvalue weighted by Crippen LogP contribution is 2.10. The first kappa shape index (κ1) is 16.6. The normalized spacial score (nSPS) is 13.7. The average Bonchev–Trinajstić information content (AvgIpc) is 2.30. The van der Waals surface area contributed by atoms with Gasteiger partial charge in [-0.05, 0) is 33.1 Å². The van der Waals surface area contributed by atoms with Gasteiger partial charge in [-0.15, -0.1) is 0 Å². The fourth-order valence-corrected chi connectivity index (χ4v) is 1.28. The standard InChI is InChI=1S/C12H20O6/c1-8(13)10(6-4-5-7-11(14)15)18-12(16)9(2)17-3/h9-10H,4-7H2,1-3H3,(H,14,15). The highest BCUT2D eigenvalue weighted by molar-refractivity contribution is 5.84. The van der Waals surface area contributed by atoms with E-state index in [1.807, 2.05) is 0 Å². The number of carboxylic acid groups (broad SMARTS) is 1. The fourth-order valence-electron chi connectivity index (χ4n) is 1.28. The second-order valence-electron chi connectivity index (χ2n) is 4.05. The van der Waals surface area contributed by atoms with Gasteiger partial charge in [0.2, 0.25) is 0 Å². The van der Waals surface area contributed by atoms with Gasteiger partial charge in [-0.3, -0.25) is 9.59 Å². The maximum atomic E-state index is 11.4. The van der Waals surface area contributed by atoms with Crippen LogP contribution in [0.5, 0.6) is 0 Å². The molecule has 1 N–H and O–H groups in total. The van der Waals surface area contributed by atoms with Crippen LogP contribution in [0.1, 0.15) is 39.5 Å². The molecule has 6 heteroatoms. The van der Waals surface area contributed by atoms with Gasteiger partial charge in [-0.25, -0.2) is 4.79 Å². The van der Waals surface area contributed by atoms with E-state index in [-0.39, 0.29) is 12.2 Å². The zero-order chi connectivity index (χ0) is 14.1. The first-order valence-corrected chi connectivity index (χ1v) is 5.84. The van der Waals surface area contributed by atoms with Gasteiger partial charge in [0.25, 0.3) is 0 Å². The third-order valence-electron chi connectivity index (χ3n) is 2.50. The molecule has 0 aliphatic heterocycles. The number of aliphatic carboxylic acids is 1. The van der Waals surface area contributed by atoms with E-state index in [4.69, 9.17) is 14.6 Å². The lowest BCUT2D eigenvalue weighted by Crippen LogP contribution is -2.31. The summed E-state index contributed by atoms with van der Waals surface area (Å²) in [5.41, 5.74) is 0. The summed E-state index contributed by atoms with van der Waals surface area (Å²) in [5, 5.41) is 8.47. The molecule has 0 saturated carbocycles. The summed E-state index contributed by atoms with van der Waals surface area (Å²) in [5.74, 6) is -1.71. The van der Waals surface area contributed by atoms with Crippen molar-refractivity contribution in [3.05, 3.63) is 0 Å². The lowest BCUT2D eigenvalue weighted by Gasteiger charge is -2.17. The van der Waals surface area contributed by atoms with E-state index in [0.29, 0.717) is 19.3 Å². The van der Waals surface area contributed by atoms with Gasteiger partial charge in [-0.1, -0.05) is 0 Å². The zero-order valence-electron chi connectivity index (χ0n) is 11.0. The smallest absolute Gasteiger partial charge is 0.335 e. The van der Waals surface area contributed by atoms with Gasteiger partial charge in [0.05, 0.1) is 0 Å². The second-order valence-corrected chi connectivity index (χ2v) is 4.05. The molecule has 0 bridgehead atoms. The first-order valence-electron chi connectivity index (χ1n) is 5.84. The Morgan fingerprint density at radius 3 is 2.28 bits per heavy atom. The maximum absolute atomic E-state index is 11.4. The Labute approximate surface area is 106 Å². The van der Waals surface area contributed by atoms with Crippen molar-refractivity contribution in [2.75, 3.05) is 7.11 Å². The fraction of sp³-hybridized carbons (Fsp3) is 0.750. The zero-order valence-corrected chi connectivity index (χ0v) is 11.0. The molecule has 0 aromatic rings. The molecule has 0 spiro atoms. The number of esters is 1. The molecule has 0 saturated heterocycles. The Morgan fingerprint density at radius 2 is 1.83 bits per heavy atom. The van der Waals surface area contributed by atoms with Gasteiger partial charge in [-0.2, -0.15) is 0 Å². The van der Waals surface area contributed by atoms with Crippen molar-refractivity contribution in [2.45, 2.75) is 51.7 Å². The van der Waals surface area contributed by atoms with Gasteiger partial charge < -0.3 is 14.6 Å². The predicted octanol–water partition coefficient (Wildman–Crippen LogP) is 1.17. The summed E-state index contributed by atoms with van der Waals surface area (Å²) in [4.78, 5) is 33.0. The molecule has 0 aromatic carbocycles. The van der Waals surface area contributed by atoms with Crippen LogP contribution < -0.4 is 0 Å². The second kappa shape index (κ2) is 8.63. The lowest BCUT2D eigenvalue weighted by atomic mass is 10.1. The van der Waals surface area contributed by atoms with Gasteiger partial charge in [0.15, 0.2) is 18.0 Å². The van der Waals surface area contributed by atoms with E-state index in [1.165, 1.54) is 21.0 Å². The molecule has 0 aliphatic rings. The molecular formula is C12H20O6. The van der Waals surface area contributed by atoms with Crippen molar-refractivity contribution < 1.29 is 29.0 Å². The number of carboxylic acids is 1. The Balaban J connectivity index is 4.11. The molecule has 2 atom stereocenters. The van der Waals surface area contributed by atoms with Crippen LogP contribution in [0, 0.1) is 0 Å². The Hall–Kier alpha value is -1.43. The first-order chi connectivity index (χ1) is 8.38. The number of ether oxygens (including phenoxy) is 2. The molecule has 18 heavy (non-hydrogen) atoms. The van der Waals surface area contributed by atoms with Crippen molar-refractivity contribution >= 4 is 17.7 Å². The Morgan fingerprint density at radius 1 is 1.22 bits per heavy atom. The Bertz CT molecular complexity index is 299. The molecular weight excluding hydrogens is 240 g/mol. The quantitative estimate of drug-likeness (QED) is 0.494. The van der Waals surface area contributed by atoms with Crippen LogP contribution in [0.15, 0.2) is 0 Å². The predicted molar refractivity (Wildman–Crippen MR) is 63.1 cm³/mol. The molecule has 104 valence electrons. The summed E-state index contributed by atoms with van der Waals surface area (Å²) < 4.78 is 9.80. The van der Waals surface area contributed by atoms with Crippen LogP contribution in [0.3, 0.4) is 0 Å². The summed E-state index contributed by atoms with van der Waals surface area (Å²) in [6.45, 7) is 2.87. The molecule has 0 aliphatic carbocycles. The monoisotopic (exact) mass is 260 g/mol. The van der Waals surface area contributed by atoms with E-state index >= 15 is 0 Å². The van der Waals surface area contributed by atoms with Gasteiger partial charge in [0, 0.05) is 13.5 Å². The number of hydrogen-bond donors (Lipinski definition) is 1. The summed E-state index contributed by atoms with van der Waals surface area (Å²) in [7, 11) is 1.38. The number of hydrogen-bond acceptors (Lipinski definition) is 5. The largest absolute Gasteiger partial charge is 0.481 e. The molecule has 0 radical (unpaired) electrons. The number of ketones is 1. The van der Waals surface area contributed by atoms with E-state index in [9.17, 15) is 14.4 Å². The van der Waals surface area contributed by atoms with Crippen LogP contribution >= 0.6 is 0 Å². The number of unbranched alkanes of at least 4 members (excludes halogenated alkanes) is 1. The van der Waals surface area contributed by atoms with Crippen molar-refractivity contribution in [2.24, 2.45) is 0 Å². The molecule has 0 fully saturated rings. The minimum absolute atomic E-state index is 0.0487. The van der Waals surface area contributed by atoms with Gasteiger partial charge >= 0.3 is 11.9 Å². The number of Topliss-reactive ketones (excluding diaryl/α,β-unsaturated/α-hetero) is 1. The minimum atomic E-state index is -0.876. The number of rotatable bonds is 9. The summed E-state index contributed by atoms with van der Waals surface area (Å²) in [6.07, 6.45) is -0.172. The van der Waals surface area contributed by atoms with Gasteiger partial charge in [0.1, 0.15) is 0 Å². The number of methoxy groups -OCH3 is 1. The molecule has 2 unspecified atom stereocenters. The highest BCUT2D eigenvalue weighted by Gasteiger charge is 2.22. The van der Waals surface area contributed by atoms with Crippen LogP contribution in [0.25, 0.3) is 0 Å². The van der Waals surface area contributed by atoms with Crippen molar-refractivity contribution in [3.8, 4) is 0 Å². The van der Waals surface area contributed by atoms with E-state index in [2.05, 4.69) is 0 Å². The highest BCUT2D eigenvalue weighted by atomic mass is 16.6. The number of carbonyl (C=O) groups excluding carboxylic acids is 2. The molecule has 6 nitrogen and oxygen atoms in total. The number of carbonyl (C=O) groups is 3. The van der Waals surface area contributed by atoms with Crippen LogP contribution in [-0.4, -0.2) is 42.1 Å². The van der Waals surface area contributed by atoms with Crippen LogP contribution in [-0.2, 0) is 23.9 Å². The van der Waals surface area contributed by atoms with E-state index in [0.717, 1.165) is 0 Å². The van der Waals surface area contributed by atoms with E-state index < -0.39 is 24.1 Å². The van der Waals surface area contributed by atoms with Crippen molar-refractivity contribution in [3.63, 3.8) is 0 Å². The minimum Gasteiger partial charge on any atom is -0.481 e. The lowest BCUT2D eigenvalue weighted by molar-refractivity contribution is -0.163. The Kier molecular flexibility index (Phi) is 7.94. The molecule has 0 rings (SSSR count). The maximum Gasteiger partial charge on any atom is 0.335 e. The molecule has 0 amide bonds. The van der Waals surface area contributed by atoms with Crippen molar-refractivity contribution in [1.29, 1.82) is 0 Å². The van der Waals surface area contributed by atoms with E-state index in [1.54, 1.807) is 0 Å². The summed E-state index contributed by atoms with van der Waals surface area (Å²) >= 11 is 0. The van der Waals surface area contributed by atoms with Crippen LogP contribution in [0.2, 0.25) is 0 Å². The topological polar surface area (TPSA) is 89.9 Å². The summed E-state index contributed by atoms with van der Waals surface area (Å²) in [6, 6.07) is 0. The molecule has 0 heterocycles. The molecule has 0 aromatic heterocycles. The third-order valence-corrected chi connectivity index (χ3v) is 2.50. The average molecular weight is 260 g/mol. The third kappa shape index (κ3) is 7.01. The van der Waals surface area contributed by atoms with Crippen molar-refractivity contribution in [1.82, 2.24) is 0 Å². The van der Waals surface area contributed by atoms with Crippen LogP contribution in [0.4, 0.5) is 0 Å². The SMILES string of the molecule is COC(C)C(=O)OC(CCCCC(=O)O)C(C)=O.